The Bertz CT molecular complexity index is 1050. The maximum absolute atomic E-state index is 12.5. The van der Waals surface area contributed by atoms with Crippen LogP contribution >= 0.6 is 23.2 Å². The number of nitrogens with one attached hydrogen (secondary N) is 1. The summed E-state index contributed by atoms with van der Waals surface area (Å²) in [5, 5.41) is 3.57. The molecule has 7 heteroatoms. The molecule has 5 nitrogen and oxygen atoms in total. The number of nitrogens with zero attached hydrogens (tertiary/aromatic N) is 1. The number of halogens is 2. The topological polar surface area (TPSA) is 68.3 Å². The number of carbonyl (C=O) groups is 2. The first-order valence-electron chi connectivity index (χ1n) is 8.92. The van der Waals surface area contributed by atoms with Crippen LogP contribution in [-0.4, -0.2) is 23.8 Å². The van der Waals surface area contributed by atoms with E-state index in [4.69, 9.17) is 27.9 Å². The largest absolute Gasteiger partial charge is 0.478 e. The highest BCUT2D eigenvalue weighted by atomic mass is 35.5. The highest BCUT2D eigenvalue weighted by Crippen LogP contribution is 2.26. The fourth-order valence-corrected chi connectivity index (χ4v) is 3.28. The van der Waals surface area contributed by atoms with Crippen molar-refractivity contribution in [3.63, 3.8) is 0 Å². The first-order chi connectivity index (χ1) is 14.0. The van der Waals surface area contributed by atoms with E-state index in [-0.39, 0.29) is 17.5 Å². The summed E-state index contributed by atoms with van der Waals surface area (Å²) in [6.07, 6.45) is 2.47. The molecule has 0 aliphatic rings. The molecule has 3 rings (SSSR count). The van der Waals surface area contributed by atoms with Gasteiger partial charge in [-0.25, -0.2) is 4.98 Å². The SMILES string of the molecule is CCOc1ncc(-c2cccc(C=O)c2)cc1CNC(=O)c1ccc(Cl)cc1Cl. The summed E-state index contributed by atoms with van der Waals surface area (Å²) in [4.78, 5) is 27.9. The molecular weight excluding hydrogens is 411 g/mol. The lowest BCUT2D eigenvalue weighted by Crippen LogP contribution is -2.23. The van der Waals surface area contributed by atoms with Gasteiger partial charge in [0.1, 0.15) is 6.29 Å². The minimum Gasteiger partial charge on any atom is -0.478 e. The Hall–Kier alpha value is -2.89. The van der Waals surface area contributed by atoms with Crippen molar-refractivity contribution in [2.75, 3.05) is 6.61 Å². The maximum Gasteiger partial charge on any atom is 0.253 e. The van der Waals surface area contributed by atoms with Crippen LogP contribution in [0, 0.1) is 0 Å². The van der Waals surface area contributed by atoms with Gasteiger partial charge in [-0.05, 0) is 42.8 Å². The van der Waals surface area contributed by atoms with Gasteiger partial charge in [0.05, 0.1) is 17.2 Å². The van der Waals surface area contributed by atoms with Crippen LogP contribution in [0.3, 0.4) is 0 Å². The van der Waals surface area contributed by atoms with Gasteiger partial charge in [-0.15, -0.1) is 0 Å². The van der Waals surface area contributed by atoms with Gasteiger partial charge in [0, 0.05) is 34.5 Å². The number of rotatable bonds is 7. The van der Waals surface area contributed by atoms with Crippen LogP contribution in [0.15, 0.2) is 54.7 Å². The predicted molar refractivity (Wildman–Crippen MR) is 114 cm³/mol. The zero-order valence-corrected chi connectivity index (χ0v) is 17.1. The molecular formula is C22H18Cl2N2O3. The molecule has 0 fully saturated rings. The minimum atomic E-state index is -0.331. The molecule has 0 atom stereocenters. The number of hydrogen-bond donors (Lipinski definition) is 1. The van der Waals surface area contributed by atoms with Gasteiger partial charge < -0.3 is 10.1 Å². The van der Waals surface area contributed by atoms with E-state index in [2.05, 4.69) is 10.3 Å². The first-order valence-corrected chi connectivity index (χ1v) is 9.68. The van der Waals surface area contributed by atoms with Crippen molar-refractivity contribution in [1.29, 1.82) is 0 Å². The van der Waals surface area contributed by atoms with Gasteiger partial charge in [0.15, 0.2) is 0 Å². The van der Waals surface area contributed by atoms with Gasteiger partial charge in [-0.2, -0.15) is 0 Å². The number of amides is 1. The lowest BCUT2D eigenvalue weighted by molar-refractivity contribution is 0.0950. The Morgan fingerprint density at radius 2 is 1.97 bits per heavy atom. The summed E-state index contributed by atoms with van der Waals surface area (Å²) in [6, 6.07) is 13.8. The first kappa shape index (κ1) is 20.8. The average molecular weight is 429 g/mol. The van der Waals surface area contributed by atoms with Gasteiger partial charge in [0.2, 0.25) is 5.88 Å². The van der Waals surface area contributed by atoms with E-state index in [1.807, 2.05) is 19.1 Å². The second kappa shape index (κ2) is 9.54. The van der Waals surface area contributed by atoms with E-state index in [0.29, 0.717) is 34.2 Å². The van der Waals surface area contributed by atoms with Crippen molar-refractivity contribution >= 4 is 35.4 Å². The van der Waals surface area contributed by atoms with Crippen LogP contribution in [-0.2, 0) is 6.54 Å². The summed E-state index contributed by atoms with van der Waals surface area (Å²) >= 11 is 12.0. The van der Waals surface area contributed by atoms with Crippen LogP contribution in [0.1, 0.15) is 33.2 Å². The van der Waals surface area contributed by atoms with Crippen molar-refractivity contribution in [1.82, 2.24) is 10.3 Å². The highest BCUT2D eigenvalue weighted by Gasteiger charge is 2.13. The molecule has 0 saturated carbocycles. The monoisotopic (exact) mass is 428 g/mol. The molecule has 0 saturated heterocycles. The molecule has 0 spiro atoms. The van der Waals surface area contributed by atoms with E-state index in [1.54, 1.807) is 36.5 Å². The van der Waals surface area contributed by atoms with E-state index in [0.717, 1.165) is 17.4 Å². The van der Waals surface area contributed by atoms with E-state index in [9.17, 15) is 9.59 Å². The molecule has 1 N–H and O–H groups in total. The number of hydrogen-bond acceptors (Lipinski definition) is 4. The number of aromatic nitrogens is 1. The fraction of sp³-hybridized carbons (Fsp3) is 0.136. The van der Waals surface area contributed by atoms with Crippen molar-refractivity contribution in [3.8, 4) is 17.0 Å². The molecule has 1 aromatic heterocycles. The van der Waals surface area contributed by atoms with Crippen molar-refractivity contribution in [3.05, 3.63) is 81.5 Å². The second-order valence-electron chi connectivity index (χ2n) is 6.17. The number of carbonyl (C=O) groups excluding carboxylic acids is 2. The summed E-state index contributed by atoms with van der Waals surface area (Å²) in [7, 11) is 0. The molecule has 1 amide bonds. The molecule has 0 unspecified atom stereocenters. The van der Waals surface area contributed by atoms with Crippen LogP contribution in [0.4, 0.5) is 0 Å². The van der Waals surface area contributed by atoms with Crippen LogP contribution in [0.25, 0.3) is 11.1 Å². The number of ether oxygens (including phenoxy) is 1. The summed E-state index contributed by atoms with van der Waals surface area (Å²) in [5.41, 5.74) is 3.27. The lowest BCUT2D eigenvalue weighted by atomic mass is 10.0. The highest BCUT2D eigenvalue weighted by molar-refractivity contribution is 6.36. The normalized spacial score (nSPS) is 10.4. The zero-order chi connectivity index (χ0) is 20.8. The standard InChI is InChI=1S/C22H18Cl2N2O3/c1-2-29-22-17(12-25-21(28)19-7-6-18(23)10-20(19)24)9-16(11-26-22)15-5-3-4-14(8-15)13-27/h3-11,13H,2,12H2,1H3,(H,25,28). The van der Waals surface area contributed by atoms with Gasteiger partial charge >= 0.3 is 0 Å². The van der Waals surface area contributed by atoms with E-state index >= 15 is 0 Å². The summed E-state index contributed by atoms with van der Waals surface area (Å²) < 4.78 is 5.59. The molecule has 3 aromatic rings. The zero-order valence-electron chi connectivity index (χ0n) is 15.6. The Labute approximate surface area is 178 Å². The Morgan fingerprint density at radius 1 is 1.14 bits per heavy atom. The van der Waals surface area contributed by atoms with Crippen molar-refractivity contribution < 1.29 is 14.3 Å². The Morgan fingerprint density at radius 3 is 2.69 bits per heavy atom. The number of benzene rings is 2. The molecule has 29 heavy (non-hydrogen) atoms. The Balaban J connectivity index is 1.86. The molecule has 0 bridgehead atoms. The molecule has 148 valence electrons. The van der Waals surface area contributed by atoms with Crippen LogP contribution in [0.2, 0.25) is 10.0 Å². The molecule has 1 heterocycles. The average Bonchev–Trinajstić information content (AvgIpc) is 2.73. The third kappa shape index (κ3) is 5.13. The third-order valence-corrected chi connectivity index (χ3v) is 4.73. The van der Waals surface area contributed by atoms with Gasteiger partial charge in [-0.3, -0.25) is 9.59 Å². The number of pyridine rings is 1. The summed E-state index contributed by atoms with van der Waals surface area (Å²) in [6.45, 7) is 2.50. The maximum atomic E-state index is 12.5. The Kier molecular flexibility index (Phi) is 6.86. The van der Waals surface area contributed by atoms with Gasteiger partial charge in [0.25, 0.3) is 5.91 Å². The number of aldehydes is 1. The molecule has 0 aliphatic heterocycles. The third-order valence-electron chi connectivity index (χ3n) is 4.18. The quantitative estimate of drug-likeness (QED) is 0.525. The smallest absolute Gasteiger partial charge is 0.253 e. The van der Waals surface area contributed by atoms with Crippen molar-refractivity contribution in [2.24, 2.45) is 0 Å². The molecule has 0 radical (unpaired) electrons. The second-order valence-corrected chi connectivity index (χ2v) is 7.02. The van der Waals surface area contributed by atoms with Crippen molar-refractivity contribution in [2.45, 2.75) is 13.5 Å². The van der Waals surface area contributed by atoms with Crippen LogP contribution in [0.5, 0.6) is 5.88 Å². The van der Waals surface area contributed by atoms with E-state index < -0.39 is 0 Å². The minimum absolute atomic E-state index is 0.196. The van der Waals surface area contributed by atoms with Crippen LogP contribution < -0.4 is 10.1 Å². The molecule has 2 aromatic carbocycles. The molecule has 0 aliphatic carbocycles. The predicted octanol–water partition coefficient (Wildman–Crippen LogP) is 5.20. The summed E-state index contributed by atoms with van der Waals surface area (Å²) in [5.74, 6) is 0.104. The van der Waals surface area contributed by atoms with E-state index in [1.165, 1.54) is 6.07 Å². The fourth-order valence-electron chi connectivity index (χ4n) is 2.78. The van der Waals surface area contributed by atoms with Gasteiger partial charge in [-0.1, -0.05) is 41.4 Å². The lowest BCUT2D eigenvalue weighted by Gasteiger charge is -2.13.